The highest BCUT2D eigenvalue weighted by Crippen LogP contribution is 2.66. The fraction of sp³-hybridized carbons (Fsp3) is 0.385. The van der Waals surface area contributed by atoms with Crippen molar-refractivity contribution < 1.29 is 4.79 Å². The van der Waals surface area contributed by atoms with Crippen LogP contribution in [0.1, 0.15) is 25.8 Å². The molecular formula is C13H13Br2ClN2O. The molecule has 102 valence electrons. The number of hydrazone groups is 1. The monoisotopic (exact) mass is 406 g/mol. The van der Waals surface area contributed by atoms with E-state index in [2.05, 4.69) is 42.4 Å². The Labute approximate surface area is 134 Å². The molecule has 3 nitrogen and oxygen atoms in total. The Balaban J connectivity index is 2.06. The molecule has 6 heteroatoms. The van der Waals surface area contributed by atoms with E-state index in [-0.39, 0.29) is 9.14 Å². The van der Waals surface area contributed by atoms with Crippen LogP contribution >= 0.6 is 43.5 Å². The van der Waals surface area contributed by atoms with Crippen LogP contribution in [0.25, 0.3) is 0 Å². The third-order valence-electron chi connectivity index (χ3n) is 3.33. The van der Waals surface area contributed by atoms with Crippen LogP contribution < -0.4 is 5.43 Å². The summed E-state index contributed by atoms with van der Waals surface area (Å²) < 4.78 is -0.309. The van der Waals surface area contributed by atoms with E-state index in [1.807, 2.05) is 32.0 Å². The third-order valence-corrected chi connectivity index (χ3v) is 5.87. The Morgan fingerprint density at radius 1 is 1.47 bits per heavy atom. The summed E-state index contributed by atoms with van der Waals surface area (Å²) in [6, 6.07) is 7.36. The Morgan fingerprint density at radius 2 is 2.11 bits per heavy atom. The predicted molar refractivity (Wildman–Crippen MR) is 85.1 cm³/mol. The summed E-state index contributed by atoms with van der Waals surface area (Å²) in [4.78, 5) is 12.0. The first kappa shape index (κ1) is 15.0. The van der Waals surface area contributed by atoms with Crippen molar-refractivity contribution in [1.29, 1.82) is 0 Å². The van der Waals surface area contributed by atoms with Gasteiger partial charge in [-0.2, -0.15) is 5.10 Å². The molecule has 1 N–H and O–H groups in total. The van der Waals surface area contributed by atoms with Gasteiger partial charge in [0.05, 0.1) is 14.4 Å². The average molecular weight is 409 g/mol. The van der Waals surface area contributed by atoms with Gasteiger partial charge in [0.2, 0.25) is 5.91 Å². The zero-order chi connectivity index (χ0) is 14.3. The van der Waals surface area contributed by atoms with Crippen molar-refractivity contribution in [3.8, 4) is 0 Å². The maximum atomic E-state index is 12.0. The molecule has 0 spiro atoms. The largest absolute Gasteiger partial charge is 0.272 e. The highest BCUT2D eigenvalue weighted by atomic mass is 79.9. The van der Waals surface area contributed by atoms with Crippen LogP contribution in [-0.4, -0.2) is 14.9 Å². The van der Waals surface area contributed by atoms with Crippen LogP contribution in [0.5, 0.6) is 0 Å². The maximum absolute atomic E-state index is 12.0. The molecule has 0 saturated heterocycles. The lowest BCUT2D eigenvalue weighted by Crippen LogP contribution is -2.30. The number of carbonyl (C=O) groups is 1. The summed E-state index contributed by atoms with van der Waals surface area (Å²) in [6.07, 6.45) is 0.734. The quantitative estimate of drug-likeness (QED) is 0.457. The van der Waals surface area contributed by atoms with Crippen molar-refractivity contribution in [1.82, 2.24) is 5.43 Å². The SMILES string of the molecule is C/C(=N\NC(=O)C1(C)CC1(Br)Br)c1cccc(Cl)c1. The minimum absolute atomic E-state index is 0.109. The second-order valence-corrected chi connectivity index (χ2v) is 9.07. The zero-order valence-corrected chi connectivity index (χ0v) is 14.4. The molecule has 1 saturated carbocycles. The summed E-state index contributed by atoms with van der Waals surface area (Å²) >= 11 is 12.8. The second-order valence-electron chi connectivity index (χ2n) is 4.86. The maximum Gasteiger partial charge on any atom is 0.248 e. The van der Waals surface area contributed by atoms with Crippen LogP contribution in [0, 0.1) is 5.41 Å². The van der Waals surface area contributed by atoms with Gasteiger partial charge >= 0.3 is 0 Å². The van der Waals surface area contributed by atoms with E-state index < -0.39 is 5.41 Å². The molecule has 1 fully saturated rings. The lowest BCUT2D eigenvalue weighted by Gasteiger charge is -2.10. The van der Waals surface area contributed by atoms with E-state index in [0.717, 1.165) is 17.7 Å². The third kappa shape index (κ3) is 3.03. The molecule has 19 heavy (non-hydrogen) atoms. The van der Waals surface area contributed by atoms with E-state index in [1.54, 1.807) is 6.07 Å². The summed E-state index contributed by atoms with van der Waals surface area (Å²) in [6.45, 7) is 3.72. The standard InChI is InChI=1S/C13H13Br2ClN2O/c1-8(9-4-3-5-10(16)6-9)17-18-11(19)12(2)7-13(12,14)15/h3-6H,7H2,1-2H3,(H,18,19)/b17-8+. The topological polar surface area (TPSA) is 41.5 Å². The predicted octanol–water partition coefficient (Wildman–Crippen LogP) is 4.08. The molecule has 2 rings (SSSR count). The molecule has 1 atom stereocenters. The summed E-state index contributed by atoms with van der Waals surface area (Å²) in [5.74, 6) is -0.109. The van der Waals surface area contributed by atoms with Gasteiger partial charge < -0.3 is 0 Å². The Hall–Kier alpha value is -0.390. The van der Waals surface area contributed by atoms with Gasteiger partial charge in [-0.3, -0.25) is 4.79 Å². The number of nitrogens with zero attached hydrogens (tertiary/aromatic N) is 1. The first-order valence-electron chi connectivity index (χ1n) is 5.75. The Bertz CT molecular complexity index is 559. The van der Waals surface area contributed by atoms with Crippen LogP contribution in [-0.2, 0) is 4.79 Å². The van der Waals surface area contributed by atoms with Gasteiger partial charge in [-0.15, -0.1) is 0 Å². The summed E-state index contributed by atoms with van der Waals surface area (Å²) in [5, 5.41) is 4.77. The molecule has 1 aromatic carbocycles. The molecular weight excluding hydrogens is 395 g/mol. The van der Waals surface area contributed by atoms with Crippen molar-refractivity contribution in [3.05, 3.63) is 34.9 Å². The molecule has 1 aromatic rings. The number of carbonyl (C=O) groups excluding carboxylic acids is 1. The van der Waals surface area contributed by atoms with Crippen LogP contribution in [0.3, 0.4) is 0 Å². The lowest BCUT2D eigenvalue weighted by molar-refractivity contribution is -0.125. The minimum atomic E-state index is -0.467. The number of benzene rings is 1. The molecule has 1 aliphatic carbocycles. The Morgan fingerprint density at radius 3 is 2.63 bits per heavy atom. The second kappa shape index (κ2) is 5.19. The molecule has 0 aliphatic heterocycles. The fourth-order valence-electron chi connectivity index (χ4n) is 1.68. The number of nitrogens with one attached hydrogen (secondary N) is 1. The summed E-state index contributed by atoms with van der Waals surface area (Å²) in [7, 11) is 0. The van der Waals surface area contributed by atoms with Gasteiger partial charge in [-0.1, -0.05) is 55.6 Å². The molecule has 0 bridgehead atoms. The normalized spacial score (nSPS) is 25.0. The van der Waals surface area contributed by atoms with E-state index in [4.69, 9.17) is 11.6 Å². The molecule has 0 heterocycles. The van der Waals surface area contributed by atoms with Crippen molar-refractivity contribution in [3.63, 3.8) is 0 Å². The number of hydrogen-bond acceptors (Lipinski definition) is 2. The average Bonchev–Trinajstić information content (AvgIpc) is 2.86. The fourth-order valence-corrected chi connectivity index (χ4v) is 3.35. The van der Waals surface area contributed by atoms with E-state index in [1.165, 1.54) is 0 Å². The van der Waals surface area contributed by atoms with Crippen molar-refractivity contribution in [2.75, 3.05) is 0 Å². The van der Waals surface area contributed by atoms with Gasteiger partial charge in [-0.25, -0.2) is 5.43 Å². The molecule has 1 amide bonds. The number of alkyl halides is 2. The van der Waals surface area contributed by atoms with Crippen molar-refractivity contribution >= 4 is 55.1 Å². The van der Waals surface area contributed by atoms with Gasteiger partial charge in [0.25, 0.3) is 0 Å². The van der Waals surface area contributed by atoms with Gasteiger partial charge in [-0.05, 0) is 38.0 Å². The Kier molecular flexibility index (Phi) is 4.10. The van der Waals surface area contributed by atoms with Gasteiger partial charge in [0, 0.05) is 5.02 Å². The number of amides is 1. The highest BCUT2D eigenvalue weighted by Gasteiger charge is 2.66. The van der Waals surface area contributed by atoms with Gasteiger partial charge in [0.15, 0.2) is 0 Å². The van der Waals surface area contributed by atoms with Crippen molar-refractivity contribution in [2.24, 2.45) is 10.5 Å². The van der Waals surface area contributed by atoms with Crippen LogP contribution in [0.15, 0.2) is 29.4 Å². The first-order chi connectivity index (χ1) is 8.76. The highest BCUT2D eigenvalue weighted by molar-refractivity contribution is 9.25. The molecule has 1 aliphatic rings. The molecule has 0 radical (unpaired) electrons. The first-order valence-corrected chi connectivity index (χ1v) is 7.71. The lowest BCUT2D eigenvalue weighted by atomic mass is 10.1. The van der Waals surface area contributed by atoms with Crippen LogP contribution in [0.4, 0.5) is 0 Å². The number of halogens is 3. The smallest absolute Gasteiger partial charge is 0.248 e. The van der Waals surface area contributed by atoms with E-state index in [9.17, 15) is 4.79 Å². The molecule has 1 unspecified atom stereocenters. The van der Waals surface area contributed by atoms with Crippen molar-refractivity contribution in [2.45, 2.75) is 23.5 Å². The number of rotatable bonds is 3. The summed E-state index contributed by atoms with van der Waals surface area (Å²) in [5.41, 5.74) is 3.74. The van der Waals surface area contributed by atoms with E-state index in [0.29, 0.717) is 5.02 Å². The van der Waals surface area contributed by atoms with E-state index >= 15 is 0 Å². The zero-order valence-electron chi connectivity index (χ0n) is 10.5. The number of hydrogen-bond donors (Lipinski definition) is 1. The molecule has 0 aromatic heterocycles. The van der Waals surface area contributed by atoms with Crippen LogP contribution in [0.2, 0.25) is 5.02 Å². The minimum Gasteiger partial charge on any atom is -0.272 e. The van der Waals surface area contributed by atoms with Gasteiger partial charge in [0.1, 0.15) is 0 Å².